The molecule has 0 saturated carbocycles. The van der Waals surface area contributed by atoms with Gasteiger partial charge in [-0.3, -0.25) is 4.79 Å². The van der Waals surface area contributed by atoms with Gasteiger partial charge < -0.3 is 15.3 Å². The third-order valence-corrected chi connectivity index (χ3v) is 3.14. The molecule has 26 heavy (non-hydrogen) atoms. The van der Waals surface area contributed by atoms with E-state index in [-0.39, 0.29) is 11.7 Å². The summed E-state index contributed by atoms with van der Waals surface area (Å²) in [5.41, 5.74) is 1.93. The zero-order chi connectivity index (χ0) is 19.9. The maximum atomic E-state index is 10.4. The molecule has 1 aromatic heterocycles. The van der Waals surface area contributed by atoms with Gasteiger partial charge in [0.15, 0.2) is 0 Å². The topological polar surface area (TPSA) is 65.5 Å². The molecule has 5 nitrogen and oxygen atoms in total. The molecule has 2 aromatic rings. The van der Waals surface area contributed by atoms with Crippen LogP contribution in [0.15, 0.2) is 54.9 Å². The van der Waals surface area contributed by atoms with Crippen LogP contribution in [0.1, 0.15) is 34.1 Å². The van der Waals surface area contributed by atoms with E-state index in [0.717, 1.165) is 16.9 Å². The van der Waals surface area contributed by atoms with E-state index >= 15 is 0 Å². The lowest BCUT2D eigenvalue weighted by Crippen LogP contribution is -2.19. The Labute approximate surface area is 157 Å². The monoisotopic (exact) mass is 357 g/mol. The molecule has 5 heteroatoms. The predicted octanol–water partition coefficient (Wildman–Crippen LogP) is 4.91. The van der Waals surface area contributed by atoms with E-state index in [0.29, 0.717) is 6.42 Å². The number of anilines is 1. The number of aromatic nitrogens is 1. The molecule has 1 heterocycles. The summed E-state index contributed by atoms with van der Waals surface area (Å²) < 4.78 is 0. The molecular weight excluding hydrogens is 326 g/mol. The normalized spacial score (nSPS) is 9.46. The first-order valence-corrected chi connectivity index (χ1v) is 8.81. The van der Waals surface area contributed by atoms with Crippen molar-refractivity contribution < 1.29 is 9.90 Å². The Kier molecular flexibility index (Phi) is 12.0. The van der Waals surface area contributed by atoms with Crippen LogP contribution in [0.5, 0.6) is 5.75 Å². The standard InChI is InChI=1S/C14H14N2O.C5H11NO.C2H6/c1-2-8-15-14-7-6-12(10-16-14)11-4-3-5-13(17)9-11;1-4-5(7)6(2)3;1-2/h2-10,17H,1H3,(H,15,16);4H2,1-3H3;1-2H3/b8-2+;;. The first-order valence-electron chi connectivity index (χ1n) is 8.81. The summed E-state index contributed by atoms with van der Waals surface area (Å²) in [5.74, 6) is 1.24. The van der Waals surface area contributed by atoms with Gasteiger partial charge >= 0.3 is 0 Å². The van der Waals surface area contributed by atoms with Crippen LogP contribution in [0.3, 0.4) is 0 Å². The Bertz CT molecular complexity index is 665. The number of nitrogens with one attached hydrogen (secondary N) is 1. The SMILES string of the molecule is C/C=C/Nc1ccc(-c2cccc(O)c2)cn1.CC.CCC(=O)N(C)C. The van der Waals surface area contributed by atoms with E-state index in [9.17, 15) is 9.90 Å². The molecule has 0 aliphatic heterocycles. The van der Waals surface area contributed by atoms with Gasteiger partial charge in [0, 0.05) is 32.3 Å². The Balaban J connectivity index is 0.000000589. The Hall–Kier alpha value is -2.82. The van der Waals surface area contributed by atoms with Gasteiger partial charge in [0.05, 0.1) is 0 Å². The van der Waals surface area contributed by atoms with Crippen molar-refractivity contribution in [2.24, 2.45) is 0 Å². The number of benzene rings is 1. The number of phenols is 1. The van der Waals surface area contributed by atoms with Crippen molar-refractivity contribution in [3.63, 3.8) is 0 Å². The quantitative estimate of drug-likeness (QED) is 0.816. The van der Waals surface area contributed by atoms with Crippen LogP contribution in [-0.4, -0.2) is 35.0 Å². The number of phenolic OH excluding ortho intramolecular Hbond substituents is 1. The molecule has 0 aliphatic rings. The number of rotatable bonds is 4. The van der Waals surface area contributed by atoms with Gasteiger partial charge in [-0.2, -0.15) is 0 Å². The smallest absolute Gasteiger partial charge is 0.221 e. The minimum Gasteiger partial charge on any atom is -0.508 e. The van der Waals surface area contributed by atoms with Crippen molar-refractivity contribution in [1.29, 1.82) is 0 Å². The van der Waals surface area contributed by atoms with E-state index in [1.54, 1.807) is 37.3 Å². The highest BCUT2D eigenvalue weighted by atomic mass is 16.3. The van der Waals surface area contributed by atoms with Gasteiger partial charge in [0.1, 0.15) is 11.6 Å². The average Bonchev–Trinajstić information content (AvgIpc) is 2.68. The summed E-state index contributed by atoms with van der Waals surface area (Å²) in [7, 11) is 3.51. The van der Waals surface area contributed by atoms with Crippen LogP contribution in [0.4, 0.5) is 5.82 Å². The molecule has 0 aliphatic carbocycles. The second-order valence-electron chi connectivity index (χ2n) is 5.27. The van der Waals surface area contributed by atoms with E-state index in [4.69, 9.17) is 0 Å². The zero-order valence-corrected chi connectivity index (χ0v) is 16.7. The third kappa shape index (κ3) is 8.87. The van der Waals surface area contributed by atoms with Gasteiger partial charge in [-0.1, -0.05) is 39.0 Å². The van der Waals surface area contributed by atoms with Crippen LogP contribution in [0.25, 0.3) is 11.1 Å². The van der Waals surface area contributed by atoms with Crippen LogP contribution in [0.2, 0.25) is 0 Å². The zero-order valence-electron chi connectivity index (χ0n) is 16.7. The molecule has 0 atom stereocenters. The summed E-state index contributed by atoms with van der Waals surface area (Å²) in [6.45, 7) is 7.79. The van der Waals surface area contributed by atoms with Crippen molar-refractivity contribution in [2.75, 3.05) is 19.4 Å². The summed E-state index contributed by atoms with van der Waals surface area (Å²) in [5, 5.41) is 12.4. The minimum absolute atomic E-state index is 0.181. The van der Waals surface area contributed by atoms with Crippen molar-refractivity contribution in [3.8, 4) is 16.9 Å². The molecule has 1 amide bonds. The maximum Gasteiger partial charge on any atom is 0.221 e. The molecule has 0 unspecified atom stereocenters. The predicted molar refractivity (Wildman–Crippen MR) is 110 cm³/mol. The summed E-state index contributed by atoms with van der Waals surface area (Å²) in [6, 6.07) is 11.0. The largest absolute Gasteiger partial charge is 0.508 e. The molecule has 0 saturated heterocycles. The van der Waals surface area contributed by atoms with Crippen LogP contribution in [-0.2, 0) is 4.79 Å². The number of amides is 1. The fourth-order valence-electron chi connectivity index (χ4n) is 1.82. The van der Waals surface area contributed by atoms with Gasteiger partial charge in [-0.05, 0) is 43.0 Å². The second kappa shape index (κ2) is 13.5. The highest BCUT2D eigenvalue weighted by molar-refractivity contribution is 5.75. The summed E-state index contributed by atoms with van der Waals surface area (Å²) >= 11 is 0. The number of carbonyl (C=O) groups excluding carboxylic acids is 1. The lowest BCUT2D eigenvalue weighted by atomic mass is 10.1. The lowest BCUT2D eigenvalue weighted by Gasteiger charge is -2.05. The molecule has 0 radical (unpaired) electrons. The maximum absolute atomic E-state index is 10.4. The second-order valence-corrected chi connectivity index (χ2v) is 5.27. The van der Waals surface area contributed by atoms with Crippen LogP contribution >= 0.6 is 0 Å². The van der Waals surface area contributed by atoms with Crippen molar-refractivity contribution >= 4 is 11.7 Å². The summed E-state index contributed by atoms with van der Waals surface area (Å²) in [4.78, 5) is 16.3. The van der Waals surface area contributed by atoms with Gasteiger partial charge in [0.2, 0.25) is 5.91 Å². The average molecular weight is 357 g/mol. The highest BCUT2D eigenvalue weighted by Gasteiger charge is 1.99. The number of allylic oxidation sites excluding steroid dienone is 1. The molecule has 0 fully saturated rings. The van der Waals surface area contributed by atoms with Crippen LogP contribution < -0.4 is 5.32 Å². The molecule has 2 rings (SSSR count). The fourth-order valence-corrected chi connectivity index (χ4v) is 1.82. The van der Waals surface area contributed by atoms with Crippen molar-refractivity contribution in [1.82, 2.24) is 9.88 Å². The minimum atomic E-state index is 0.181. The van der Waals surface area contributed by atoms with E-state index in [1.807, 2.05) is 64.2 Å². The number of carbonyl (C=O) groups is 1. The van der Waals surface area contributed by atoms with Gasteiger partial charge in [-0.15, -0.1) is 0 Å². The van der Waals surface area contributed by atoms with E-state index in [2.05, 4.69) is 10.3 Å². The third-order valence-electron chi connectivity index (χ3n) is 3.14. The lowest BCUT2D eigenvalue weighted by molar-refractivity contribution is -0.128. The number of nitrogens with zero attached hydrogens (tertiary/aromatic N) is 2. The van der Waals surface area contributed by atoms with E-state index in [1.165, 1.54) is 0 Å². The molecule has 1 aromatic carbocycles. The molecule has 2 N–H and O–H groups in total. The van der Waals surface area contributed by atoms with E-state index < -0.39 is 0 Å². The Morgan fingerprint density at radius 3 is 2.31 bits per heavy atom. The first kappa shape index (κ1) is 23.2. The molecule has 142 valence electrons. The van der Waals surface area contributed by atoms with Gasteiger partial charge in [0.25, 0.3) is 0 Å². The number of hydrogen-bond donors (Lipinski definition) is 2. The van der Waals surface area contributed by atoms with Gasteiger partial charge in [-0.25, -0.2) is 4.98 Å². The molecule has 0 spiro atoms. The molecule has 0 bridgehead atoms. The number of hydrogen-bond acceptors (Lipinski definition) is 4. The van der Waals surface area contributed by atoms with Crippen LogP contribution in [0, 0.1) is 0 Å². The first-order chi connectivity index (χ1) is 12.5. The Morgan fingerprint density at radius 2 is 1.88 bits per heavy atom. The number of pyridine rings is 1. The Morgan fingerprint density at radius 1 is 1.19 bits per heavy atom. The van der Waals surface area contributed by atoms with Crippen molar-refractivity contribution in [3.05, 3.63) is 54.9 Å². The molecular formula is C21H31N3O2. The summed E-state index contributed by atoms with van der Waals surface area (Å²) in [6.07, 6.45) is 6.12. The number of aromatic hydroxyl groups is 1. The van der Waals surface area contributed by atoms with Crippen molar-refractivity contribution in [2.45, 2.75) is 34.1 Å². The fraction of sp³-hybridized carbons (Fsp3) is 0.333. The highest BCUT2D eigenvalue weighted by Crippen LogP contribution is 2.23.